The van der Waals surface area contributed by atoms with Gasteiger partial charge in [0.1, 0.15) is 11.5 Å². The molecule has 2 aliphatic carbocycles. The number of methoxy groups -OCH3 is 2. The Labute approximate surface area is 129 Å². The van der Waals surface area contributed by atoms with Crippen LogP contribution in [0.5, 0.6) is 11.5 Å². The van der Waals surface area contributed by atoms with Crippen LogP contribution in [0.1, 0.15) is 39.9 Å². The van der Waals surface area contributed by atoms with E-state index in [1.807, 2.05) is 6.07 Å². The molecule has 0 radical (unpaired) electrons. The fourth-order valence-corrected chi connectivity index (χ4v) is 4.14. The number of hydrogen-bond donors (Lipinski definition) is 0. The molecule has 4 rings (SSSR count). The molecule has 0 saturated heterocycles. The number of hydrogen-bond acceptors (Lipinski definition) is 3. The van der Waals surface area contributed by atoms with Crippen molar-refractivity contribution >= 4 is 5.78 Å². The van der Waals surface area contributed by atoms with E-state index < -0.39 is 0 Å². The molecule has 0 aromatic heterocycles. The third-order valence-electron chi connectivity index (χ3n) is 5.14. The van der Waals surface area contributed by atoms with Crippen molar-refractivity contribution in [3.63, 3.8) is 0 Å². The van der Waals surface area contributed by atoms with Crippen LogP contribution >= 0.6 is 0 Å². The zero-order chi connectivity index (χ0) is 15.3. The Bertz CT molecular complexity index is 778. The lowest BCUT2D eigenvalue weighted by atomic mass is 9.76. The van der Waals surface area contributed by atoms with Gasteiger partial charge in [-0.05, 0) is 35.6 Å². The van der Waals surface area contributed by atoms with Crippen molar-refractivity contribution in [3.8, 4) is 11.5 Å². The number of carbonyl (C=O) groups is 1. The second-order valence-corrected chi connectivity index (χ2v) is 6.09. The van der Waals surface area contributed by atoms with Gasteiger partial charge in [-0.2, -0.15) is 0 Å². The molecule has 3 nitrogen and oxygen atoms in total. The third-order valence-corrected chi connectivity index (χ3v) is 5.14. The van der Waals surface area contributed by atoms with Crippen molar-refractivity contribution in [2.24, 2.45) is 0 Å². The van der Waals surface area contributed by atoms with Gasteiger partial charge in [-0.25, -0.2) is 0 Å². The maximum atomic E-state index is 12.7. The van der Waals surface area contributed by atoms with Crippen molar-refractivity contribution in [1.29, 1.82) is 0 Å². The minimum absolute atomic E-state index is 0.172. The van der Waals surface area contributed by atoms with Gasteiger partial charge in [0.05, 0.1) is 19.8 Å². The number of carbonyl (C=O) groups excluding carboxylic acids is 1. The Morgan fingerprint density at radius 2 is 1.86 bits per heavy atom. The number of aryl methyl sites for hydroxylation is 1. The average Bonchev–Trinajstić information content (AvgIpc) is 3.06. The summed E-state index contributed by atoms with van der Waals surface area (Å²) in [7, 11) is 3.25. The van der Waals surface area contributed by atoms with Crippen molar-refractivity contribution in [2.45, 2.75) is 24.7 Å². The van der Waals surface area contributed by atoms with Crippen molar-refractivity contribution in [1.82, 2.24) is 0 Å². The number of ketones is 1. The summed E-state index contributed by atoms with van der Waals surface area (Å²) in [5.74, 6) is 1.54. The molecule has 0 N–H and O–H groups in total. The van der Waals surface area contributed by atoms with Gasteiger partial charge in [-0.15, -0.1) is 0 Å². The van der Waals surface area contributed by atoms with Crippen LogP contribution < -0.4 is 9.47 Å². The first kappa shape index (κ1) is 13.4. The van der Waals surface area contributed by atoms with Crippen LogP contribution in [0.15, 0.2) is 36.4 Å². The first-order valence-electron chi connectivity index (χ1n) is 7.58. The summed E-state index contributed by atoms with van der Waals surface area (Å²) in [4.78, 5) is 12.7. The fourth-order valence-electron chi connectivity index (χ4n) is 4.14. The molecule has 22 heavy (non-hydrogen) atoms. The monoisotopic (exact) mass is 294 g/mol. The van der Waals surface area contributed by atoms with Gasteiger partial charge >= 0.3 is 0 Å². The van der Waals surface area contributed by atoms with Crippen LogP contribution in [0.4, 0.5) is 0 Å². The molecule has 1 spiro atoms. The van der Waals surface area contributed by atoms with Gasteiger partial charge < -0.3 is 9.47 Å². The van der Waals surface area contributed by atoms with Crippen molar-refractivity contribution < 1.29 is 14.3 Å². The SMILES string of the molecule is COc1cc(OC)c2c(c1)C1(CCc3ccccc31)CC2=O. The highest BCUT2D eigenvalue weighted by molar-refractivity contribution is 6.06. The Morgan fingerprint density at radius 1 is 1.05 bits per heavy atom. The molecule has 0 fully saturated rings. The fraction of sp³-hybridized carbons (Fsp3) is 0.316. The summed E-state index contributed by atoms with van der Waals surface area (Å²) in [6.07, 6.45) is 2.52. The highest BCUT2D eigenvalue weighted by atomic mass is 16.5. The van der Waals surface area contributed by atoms with Gasteiger partial charge in [-0.3, -0.25) is 4.79 Å². The van der Waals surface area contributed by atoms with E-state index in [1.54, 1.807) is 20.3 Å². The summed E-state index contributed by atoms with van der Waals surface area (Å²) in [6.45, 7) is 0. The normalized spacial score (nSPS) is 21.8. The lowest BCUT2D eigenvalue weighted by Gasteiger charge is -2.26. The molecule has 112 valence electrons. The lowest BCUT2D eigenvalue weighted by Crippen LogP contribution is -2.21. The van der Waals surface area contributed by atoms with Crippen LogP contribution in [0.2, 0.25) is 0 Å². The molecule has 1 atom stereocenters. The Hall–Kier alpha value is -2.29. The van der Waals surface area contributed by atoms with Gasteiger partial charge in [0.2, 0.25) is 0 Å². The maximum Gasteiger partial charge on any atom is 0.168 e. The van der Waals surface area contributed by atoms with E-state index in [0.29, 0.717) is 12.2 Å². The van der Waals surface area contributed by atoms with Crippen molar-refractivity contribution in [3.05, 3.63) is 58.7 Å². The Kier molecular flexibility index (Phi) is 2.80. The summed E-state index contributed by atoms with van der Waals surface area (Å²) < 4.78 is 10.9. The first-order valence-corrected chi connectivity index (χ1v) is 7.58. The minimum Gasteiger partial charge on any atom is -0.497 e. The van der Waals surface area contributed by atoms with E-state index in [0.717, 1.165) is 29.7 Å². The highest BCUT2D eigenvalue weighted by Gasteiger charge is 2.49. The highest BCUT2D eigenvalue weighted by Crippen LogP contribution is 2.54. The Balaban J connectivity index is 2.01. The topological polar surface area (TPSA) is 35.5 Å². The van der Waals surface area contributed by atoms with E-state index in [9.17, 15) is 4.79 Å². The molecular weight excluding hydrogens is 276 g/mol. The Morgan fingerprint density at radius 3 is 2.64 bits per heavy atom. The maximum absolute atomic E-state index is 12.7. The van der Waals surface area contributed by atoms with Gasteiger partial charge in [0.25, 0.3) is 0 Å². The van der Waals surface area contributed by atoms with E-state index in [1.165, 1.54) is 11.1 Å². The van der Waals surface area contributed by atoms with Gasteiger partial charge in [-0.1, -0.05) is 24.3 Å². The van der Waals surface area contributed by atoms with Crippen LogP contribution in [0.3, 0.4) is 0 Å². The predicted octanol–water partition coefficient (Wildman–Crippen LogP) is 3.52. The molecule has 2 aromatic rings. The van der Waals surface area contributed by atoms with E-state index in [4.69, 9.17) is 9.47 Å². The minimum atomic E-state index is -0.204. The first-order chi connectivity index (χ1) is 10.7. The summed E-state index contributed by atoms with van der Waals surface area (Å²) in [6, 6.07) is 12.3. The number of benzene rings is 2. The van der Waals surface area contributed by atoms with E-state index in [2.05, 4.69) is 24.3 Å². The second kappa shape index (κ2) is 4.60. The standard InChI is InChI=1S/C19H18O3/c1-21-13-9-15-18(17(10-13)22-2)16(20)11-19(15)8-7-12-5-3-4-6-14(12)19/h3-6,9-10H,7-8,11H2,1-2H3. The number of ether oxygens (including phenoxy) is 2. The summed E-state index contributed by atoms with van der Waals surface area (Å²) >= 11 is 0. The zero-order valence-corrected chi connectivity index (χ0v) is 12.8. The quantitative estimate of drug-likeness (QED) is 0.850. The number of Topliss-reactive ketones (excluding diaryl/α,β-unsaturated/α-hetero) is 1. The van der Waals surface area contributed by atoms with Gasteiger partial charge in [0, 0.05) is 17.9 Å². The third kappa shape index (κ3) is 1.59. The van der Waals surface area contributed by atoms with Crippen LogP contribution in [-0.2, 0) is 11.8 Å². The molecule has 3 heteroatoms. The molecule has 1 unspecified atom stereocenters. The predicted molar refractivity (Wildman–Crippen MR) is 84.0 cm³/mol. The molecule has 0 saturated carbocycles. The lowest BCUT2D eigenvalue weighted by molar-refractivity contribution is 0.0977. The smallest absolute Gasteiger partial charge is 0.168 e. The summed E-state index contributed by atoms with van der Waals surface area (Å²) in [5, 5.41) is 0. The molecule has 0 amide bonds. The van der Waals surface area contributed by atoms with Crippen LogP contribution in [0.25, 0.3) is 0 Å². The number of rotatable bonds is 2. The largest absolute Gasteiger partial charge is 0.497 e. The van der Waals surface area contributed by atoms with Crippen LogP contribution in [0, 0.1) is 0 Å². The average molecular weight is 294 g/mol. The molecule has 0 bridgehead atoms. The van der Waals surface area contributed by atoms with Gasteiger partial charge in [0.15, 0.2) is 5.78 Å². The summed E-state index contributed by atoms with van der Waals surface area (Å²) in [5.41, 5.74) is 4.24. The number of fused-ring (bicyclic) bond motifs is 4. The molecule has 2 aromatic carbocycles. The molecule has 0 aliphatic heterocycles. The molecule has 0 heterocycles. The van der Waals surface area contributed by atoms with Crippen molar-refractivity contribution in [2.75, 3.05) is 14.2 Å². The van der Waals surface area contributed by atoms with E-state index >= 15 is 0 Å². The zero-order valence-electron chi connectivity index (χ0n) is 12.8. The molecular formula is C19H18O3. The molecule has 2 aliphatic rings. The second-order valence-electron chi connectivity index (χ2n) is 6.09. The van der Waals surface area contributed by atoms with E-state index in [-0.39, 0.29) is 11.2 Å². The van der Waals surface area contributed by atoms with Crippen LogP contribution in [-0.4, -0.2) is 20.0 Å².